The molecule has 0 saturated carbocycles. The number of piperidine rings is 1. The van der Waals surface area contributed by atoms with E-state index in [1.54, 1.807) is 0 Å². The first-order valence-electron chi connectivity index (χ1n) is 7.38. The Labute approximate surface area is 118 Å². The Hall–Kier alpha value is -0.860. The highest BCUT2D eigenvalue weighted by molar-refractivity contribution is 5.29. The molecule has 1 aromatic rings. The van der Waals surface area contributed by atoms with E-state index in [4.69, 9.17) is 0 Å². The van der Waals surface area contributed by atoms with Crippen LogP contribution in [-0.2, 0) is 5.41 Å². The third kappa shape index (κ3) is 3.58. The summed E-state index contributed by atoms with van der Waals surface area (Å²) < 4.78 is 0. The predicted molar refractivity (Wildman–Crippen MR) is 82.6 cm³/mol. The lowest BCUT2D eigenvalue weighted by Crippen LogP contribution is -2.41. The molecule has 0 spiro atoms. The van der Waals surface area contributed by atoms with Crippen molar-refractivity contribution in [3.05, 3.63) is 35.4 Å². The summed E-state index contributed by atoms with van der Waals surface area (Å²) in [6, 6.07) is 10.4. The van der Waals surface area contributed by atoms with Gasteiger partial charge in [0.2, 0.25) is 0 Å². The molecule has 1 fully saturated rings. The van der Waals surface area contributed by atoms with Crippen LogP contribution in [0.25, 0.3) is 0 Å². The second kappa shape index (κ2) is 5.64. The zero-order valence-electron chi connectivity index (χ0n) is 13.0. The van der Waals surface area contributed by atoms with E-state index in [1.807, 2.05) is 0 Å². The van der Waals surface area contributed by atoms with Gasteiger partial charge < -0.3 is 10.2 Å². The van der Waals surface area contributed by atoms with Crippen molar-refractivity contribution in [1.82, 2.24) is 10.2 Å². The van der Waals surface area contributed by atoms with Crippen LogP contribution >= 0.6 is 0 Å². The van der Waals surface area contributed by atoms with Gasteiger partial charge >= 0.3 is 0 Å². The number of benzene rings is 1. The normalized spacial score (nSPS) is 24.7. The molecule has 1 heterocycles. The topological polar surface area (TPSA) is 15.3 Å². The fraction of sp³-hybridized carbons (Fsp3) is 0.647. The predicted octanol–water partition coefficient (Wildman–Crippen LogP) is 3.34. The second-order valence-corrected chi connectivity index (χ2v) is 7.02. The summed E-state index contributed by atoms with van der Waals surface area (Å²) in [6.45, 7) is 7.92. The molecule has 0 radical (unpaired) electrons. The van der Waals surface area contributed by atoms with E-state index in [0.717, 1.165) is 6.54 Å². The van der Waals surface area contributed by atoms with Gasteiger partial charge in [-0.05, 0) is 50.0 Å². The smallest absolute Gasteiger partial charge is 0.0335 e. The fourth-order valence-corrected chi connectivity index (χ4v) is 2.84. The van der Waals surface area contributed by atoms with Gasteiger partial charge in [0.25, 0.3) is 0 Å². The summed E-state index contributed by atoms with van der Waals surface area (Å²) in [7, 11) is 4.38. The molecule has 2 rings (SSSR count). The molecule has 2 heteroatoms. The van der Waals surface area contributed by atoms with Gasteiger partial charge in [0.15, 0.2) is 0 Å². The number of hydrogen-bond donors (Lipinski definition) is 1. The van der Waals surface area contributed by atoms with Crippen molar-refractivity contribution < 1.29 is 0 Å². The Kier molecular flexibility index (Phi) is 4.32. The molecule has 2 atom stereocenters. The molecule has 1 saturated heterocycles. The maximum absolute atomic E-state index is 3.65. The summed E-state index contributed by atoms with van der Waals surface area (Å²) in [5, 5.41) is 3.65. The van der Waals surface area contributed by atoms with E-state index in [2.05, 4.69) is 69.3 Å². The highest BCUT2D eigenvalue weighted by Gasteiger charge is 2.24. The Morgan fingerprint density at radius 3 is 2.26 bits per heavy atom. The van der Waals surface area contributed by atoms with Crippen LogP contribution in [0.3, 0.4) is 0 Å². The van der Waals surface area contributed by atoms with Gasteiger partial charge in [-0.2, -0.15) is 0 Å². The summed E-state index contributed by atoms with van der Waals surface area (Å²) in [5.74, 6) is 0. The maximum atomic E-state index is 3.65. The minimum absolute atomic E-state index is 0.241. The van der Waals surface area contributed by atoms with E-state index >= 15 is 0 Å². The van der Waals surface area contributed by atoms with Crippen LogP contribution in [0.2, 0.25) is 0 Å². The number of rotatable bonds is 2. The lowest BCUT2D eigenvalue weighted by Gasteiger charge is -2.34. The van der Waals surface area contributed by atoms with Gasteiger partial charge in [0.1, 0.15) is 0 Å². The van der Waals surface area contributed by atoms with Crippen LogP contribution in [-0.4, -0.2) is 31.6 Å². The lowest BCUT2D eigenvalue weighted by molar-refractivity contribution is 0.207. The van der Waals surface area contributed by atoms with E-state index in [9.17, 15) is 0 Å². The van der Waals surface area contributed by atoms with Crippen molar-refractivity contribution in [3.63, 3.8) is 0 Å². The van der Waals surface area contributed by atoms with E-state index in [-0.39, 0.29) is 5.41 Å². The molecule has 106 valence electrons. The first-order valence-corrected chi connectivity index (χ1v) is 7.38. The van der Waals surface area contributed by atoms with Gasteiger partial charge in [-0.15, -0.1) is 0 Å². The van der Waals surface area contributed by atoms with Crippen LogP contribution in [0.1, 0.15) is 50.8 Å². The summed E-state index contributed by atoms with van der Waals surface area (Å²) >= 11 is 0. The van der Waals surface area contributed by atoms with E-state index in [1.165, 1.54) is 24.0 Å². The summed E-state index contributed by atoms with van der Waals surface area (Å²) in [4.78, 5) is 2.36. The second-order valence-electron chi connectivity index (χ2n) is 7.02. The van der Waals surface area contributed by atoms with Gasteiger partial charge in [-0.1, -0.05) is 45.0 Å². The summed E-state index contributed by atoms with van der Waals surface area (Å²) in [6.07, 6.45) is 2.46. The molecule has 0 aliphatic carbocycles. The minimum Gasteiger partial charge on any atom is -0.310 e. The molecule has 1 aliphatic rings. The molecule has 0 amide bonds. The van der Waals surface area contributed by atoms with Gasteiger partial charge in [0, 0.05) is 12.1 Å². The van der Waals surface area contributed by atoms with E-state index < -0.39 is 0 Å². The van der Waals surface area contributed by atoms with Gasteiger partial charge in [0.05, 0.1) is 0 Å². The van der Waals surface area contributed by atoms with E-state index in [0.29, 0.717) is 12.1 Å². The monoisotopic (exact) mass is 260 g/mol. The van der Waals surface area contributed by atoms with Crippen molar-refractivity contribution in [2.75, 3.05) is 20.6 Å². The van der Waals surface area contributed by atoms with Crippen molar-refractivity contribution in [2.45, 2.75) is 51.1 Å². The molecule has 2 nitrogen and oxygen atoms in total. The molecule has 1 N–H and O–H groups in total. The van der Waals surface area contributed by atoms with Crippen LogP contribution in [0.4, 0.5) is 0 Å². The number of nitrogens with zero attached hydrogens (tertiary/aromatic N) is 1. The largest absolute Gasteiger partial charge is 0.310 e. The number of nitrogens with one attached hydrogen (secondary N) is 1. The third-order valence-electron chi connectivity index (χ3n) is 4.29. The molecule has 0 aromatic heterocycles. The molecule has 2 unspecified atom stereocenters. The zero-order chi connectivity index (χ0) is 14.0. The lowest BCUT2D eigenvalue weighted by atomic mass is 9.85. The first-order chi connectivity index (χ1) is 8.88. The Morgan fingerprint density at radius 2 is 1.74 bits per heavy atom. The first kappa shape index (κ1) is 14.5. The standard InChI is InChI=1S/C17H28N2/c1-17(2,3)14-8-6-13(7-9-14)16-12-15(19(4)5)10-11-18-16/h6-9,15-16,18H,10-12H2,1-5H3. The summed E-state index contributed by atoms with van der Waals surface area (Å²) in [5.41, 5.74) is 3.08. The Balaban J connectivity index is 2.10. The van der Waals surface area contributed by atoms with Crippen molar-refractivity contribution >= 4 is 0 Å². The van der Waals surface area contributed by atoms with Crippen LogP contribution < -0.4 is 5.32 Å². The Morgan fingerprint density at radius 1 is 1.11 bits per heavy atom. The minimum atomic E-state index is 0.241. The molecular weight excluding hydrogens is 232 g/mol. The molecular formula is C17H28N2. The highest BCUT2D eigenvalue weighted by atomic mass is 15.1. The van der Waals surface area contributed by atoms with Crippen LogP contribution in [0.5, 0.6) is 0 Å². The maximum Gasteiger partial charge on any atom is 0.0335 e. The van der Waals surface area contributed by atoms with Gasteiger partial charge in [-0.25, -0.2) is 0 Å². The van der Waals surface area contributed by atoms with Crippen molar-refractivity contribution in [2.24, 2.45) is 0 Å². The van der Waals surface area contributed by atoms with Crippen molar-refractivity contribution in [1.29, 1.82) is 0 Å². The molecule has 0 bridgehead atoms. The Bertz CT molecular complexity index is 400. The van der Waals surface area contributed by atoms with Crippen LogP contribution in [0, 0.1) is 0 Å². The third-order valence-corrected chi connectivity index (χ3v) is 4.29. The quantitative estimate of drug-likeness (QED) is 0.877. The average molecular weight is 260 g/mol. The molecule has 1 aliphatic heterocycles. The molecule has 19 heavy (non-hydrogen) atoms. The van der Waals surface area contributed by atoms with Crippen molar-refractivity contribution in [3.8, 4) is 0 Å². The van der Waals surface area contributed by atoms with Gasteiger partial charge in [-0.3, -0.25) is 0 Å². The zero-order valence-corrected chi connectivity index (χ0v) is 13.0. The average Bonchev–Trinajstić information content (AvgIpc) is 2.38. The highest BCUT2D eigenvalue weighted by Crippen LogP contribution is 2.28. The van der Waals surface area contributed by atoms with Crippen LogP contribution in [0.15, 0.2) is 24.3 Å². The molecule has 1 aromatic carbocycles. The fourth-order valence-electron chi connectivity index (χ4n) is 2.84. The SMILES string of the molecule is CN(C)C1CCNC(c2ccc(C(C)(C)C)cc2)C1. The number of hydrogen-bond acceptors (Lipinski definition) is 2.